The summed E-state index contributed by atoms with van der Waals surface area (Å²) >= 11 is 0. The van der Waals surface area contributed by atoms with Gasteiger partial charge in [-0.15, -0.1) is 4.45 Å². The van der Waals surface area contributed by atoms with E-state index in [0.717, 1.165) is 39.3 Å². The number of nitro groups is 1. The standard InChI is InChI=1S/C14H25N7O2P/c22-21(23)14-15-13-20(16-14)24(17-7-1-2-8-17,18-9-3-4-10-18)19-11-5-6-12-19/h13H,1-12H2. The molecule has 0 aliphatic carbocycles. The first-order valence-corrected chi connectivity index (χ1v) is 10.5. The molecule has 10 heteroatoms. The summed E-state index contributed by atoms with van der Waals surface area (Å²) in [7, 11) is -2.07. The molecule has 133 valence electrons. The van der Waals surface area contributed by atoms with Gasteiger partial charge < -0.3 is 10.1 Å². The Morgan fingerprint density at radius 2 is 1.29 bits per heavy atom. The summed E-state index contributed by atoms with van der Waals surface area (Å²) < 4.78 is 9.60. The first-order valence-electron chi connectivity index (χ1n) is 8.95. The van der Waals surface area contributed by atoms with Crippen LogP contribution in [0.3, 0.4) is 0 Å². The molecule has 4 heterocycles. The number of rotatable bonds is 5. The van der Waals surface area contributed by atoms with Crippen molar-refractivity contribution in [3.8, 4) is 0 Å². The van der Waals surface area contributed by atoms with Gasteiger partial charge in [0.1, 0.15) is 0 Å². The molecule has 3 fully saturated rings. The fourth-order valence-corrected chi connectivity index (χ4v) is 8.99. The van der Waals surface area contributed by atoms with Crippen molar-refractivity contribution < 1.29 is 4.92 Å². The molecule has 3 aliphatic rings. The summed E-state index contributed by atoms with van der Waals surface area (Å²) in [5, 5.41) is 15.5. The lowest BCUT2D eigenvalue weighted by Gasteiger charge is -2.52. The predicted molar refractivity (Wildman–Crippen MR) is 91.4 cm³/mol. The van der Waals surface area contributed by atoms with E-state index in [2.05, 4.69) is 24.1 Å². The average Bonchev–Trinajstić information content (AvgIpc) is 3.38. The molecule has 0 N–H and O–H groups in total. The fourth-order valence-electron chi connectivity index (χ4n) is 4.29. The lowest BCUT2D eigenvalue weighted by molar-refractivity contribution is -0.394. The minimum absolute atomic E-state index is 0.281. The van der Waals surface area contributed by atoms with E-state index in [4.69, 9.17) is 0 Å². The summed E-state index contributed by atoms with van der Waals surface area (Å²) in [6.07, 6.45) is 8.78. The van der Waals surface area contributed by atoms with Gasteiger partial charge in [0.15, 0.2) is 7.87 Å². The zero-order valence-electron chi connectivity index (χ0n) is 14.0. The highest BCUT2D eigenvalue weighted by molar-refractivity contribution is 7.67. The second kappa shape index (κ2) is 6.63. The van der Waals surface area contributed by atoms with Gasteiger partial charge >= 0.3 is 5.95 Å². The fraction of sp³-hybridized carbons (Fsp3) is 0.857. The maximum absolute atomic E-state index is 11.1. The van der Waals surface area contributed by atoms with Gasteiger partial charge in [-0.1, -0.05) is 4.98 Å². The van der Waals surface area contributed by atoms with Gasteiger partial charge in [0.25, 0.3) is 0 Å². The lowest BCUT2D eigenvalue weighted by atomic mass is 10.4. The zero-order valence-corrected chi connectivity index (χ0v) is 14.9. The smallest absolute Gasteiger partial charge is 0.390 e. The van der Waals surface area contributed by atoms with Crippen LogP contribution in [0.15, 0.2) is 6.33 Å². The Morgan fingerprint density at radius 3 is 1.62 bits per heavy atom. The normalized spacial score (nSPS) is 24.2. The van der Waals surface area contributed by atoms with E-state index in [9.17, 15) is 10.1 Å². The van der Waals surface area contributed by atoms with Crippen molar-refractivity contribution in [2.45, 2.75) is 38.5 Å². The molecule has 0 aromatic carbocycles. The van der Waals surface area contributed by atoms with Crippen LogP contribution in [0.1, 0.15) is 38.5 Å². The monoisotopic (exact) mass is 354 g/mol. The minimum atomic E-state index is -2.07. The molecule has 0 atom stereocenters. The third-order valence-electron chi connectivity index (χ3n) is 5.29. The molecular weight excluding hydrogens is 329 g/mol. The van der Waals surface area contributed by atoms with Gasteiger partial charge in [0, 0.05) is 44.4 Å². The van der Waals surface area contributed by atoms with Crippen molar-refractivity contribution in [2.75, 3.05) is 39.3 Å². The Bertz CT molecular complexity index is 551. The van der Waals surface area contributed by atoms with Crippen molar-refractivity contribution >= 4 is 13.8 Å². The van der Waals surface area contributed by atoms with Crippen molar-refractivity contribution in [3.63, 3.8) is 0 Å². The molecule has 1 aromatic heterocycles. The molecule has 4 rings (SSSR count). The third kappa shape index (κ3) is 2.54. The van der Waals surface area contributed by atoms with E-state index in [0.29, 0.717) is 0 Å². The van der Waals surface area contributed by atoms with Gasteiger partial charge in [-0.05, 0) is 43.4 Å². The second-order valence-electron chi connectivity index (χ2n) is 6.74. The van der Waals surface area contributed by atoms with Crippen LogP contribution < -0.4 is 0 Å². The van der Waals surface area contributed by atoms with E-state index >= 15 is 0 Å². The van der Waals surface area contributed by atoms with Crippen LogP contribution in [0.2, 0.25) is 0 Å². The highest BCUT2D eigenvalue weighted by atomic mass is 31.2. The lowest BCUT2D eigenvalue weighted by Crippen LogP contribution is -2.46. The zero-order chi connectivity index (χ0) is 16.6. The van der Waals surface area contributed by atoms with E-state index in [-0.39, 0.29) is 5.95 Å². The summed E-state index contributed by atoms with van der Waals surface area (Å²) in [5.41, 5.74) is 0. The van der Waals surface area contributed by atoms with Crippen molar-refractivity contribution in [1.82, 2.24) is 28.5 Å². The van der Waals surface area contributed by atoms with Crippen LogP contribution in [0, 0.1) is 10.1 Å². The van der Waals surface area contributed by atoms with E-state index in [1.165, 1.54) is 38.5 Å². The van der Waals surface area contributed by atoms with Crippen LogP contribution in [-0.4, -0.2) is 72.7 Å². The van der Waals surface area contributed by atoms with Crippen molar-refractivity contribution in [1.29, 1.82) is 0 Å². The number of hydrogen-bond donors (Lipinski definition) is 0. The summed E-state index contributed by atoms with van der Waals surface area (Å²) in [6.45, 7) is 6.30. The summed E-state index contributed by atoms with van der Waals surface area (Å²) in [4.78, 5) is 14.7. The Hall–Kier alpha value is -1.15. The van der Waals surface area contributed by atoms with Crippen LogP contribution in [0.5, 0.6) is 0 Å². The van der Waals surface area contributed by atoms with Gasteiger partial charge in [-0.2, -0.15) is 0 Å². The molecule has 0 bridgehead atoms. The highest BCUT2D eigenvalue weighted by Gasteiger charge is 2.52. The number of hydrogen-bond acceptors (Lipinski definition) is 7. The molecule has 0 unspecified atom stereocenters. The minimum Gasteiger partial charge on any atom is -0.390 e. The van der Waals surface area contributed by atoms with Gasteiger partial charge in [0.2, 0.25) is 6.33 Å². The van der Waals surface area contributed by atoms with E-state index < -0.39 is 12.8 Å². The van der Waals surface area contributed by atoms with Crippen molar-refractivity contribution in [2.24, 2.45) is 0 Å². The molecule has 0 saturated carbocycles. The van der Waals surface area contributed by atoms with E-state index in [1.807, 2.05) is 4.45 Å². The number of aromatic nitrogens is 3. The molecule has 24 heavy (non-hydrogen) atoms. The quantitative estimate of drug-likeness (QED) is 0.454. The molecule has 3 aliphatic heterocycles. The van der Waals surface area contributed by atoms with Crippen molar-refractivity contribution in [3.05, 3.63) is 16.4 Å². The second-order valence-corrected chi connectivity index (χ2v) is 9.92. The van der Waals surface area contributed by atoms with E-state index in [1.54, 1.807) is 6.33 Å². The molecule has 0 spiro atoms. The molecular formula is C14H25N7O2P. The Morgan fingerprint density at radius 1 is 0.875 bits per heavy atom. The Kier molecular flexibility index (Phi) is 4.51. The summed E-state index contributed by atoms with van der Waals surface area (Å²) in [5.74, 6) is -0.281. The summed E-state index contributed by atoms with van der Waals surface area (Å²) in [6, 6.07) is 0. The van der Waals surface area contributed by atoms with Crippen LogP contribution in [-0.2, 0) is 0 Å². The molecule has 9 nitrogen and oxygen atoms in total. The predicted octanol–water partition coefficient (Wildman–Crippen LogP) is 2.00. The SMILES string of the molecule is O=[N+]([O-])c1ncn([P](N2CCCC2)(N2CCCC2)N2CCCC2)n1. The van der Waals surface area contributed by atoms with Gasteiger partial charge in [0.05, 0.1) is 0 Å². The third-order valence-corrected chi connectivity index (χ3v) is 9.51. The number of nitrogens with zero attached hydrogens (tertiary/aromatic N) is 7. The van der Waals surface area contributed by atoms with Crippen LogP contribution in [0.4, 0.5) is 5.95 Å². The average molecular weight is 354 g/mol. The Labute approximate surface area is 142 Å². The van der Waals surface area contributed by atoms with Crippen LogP contribution in [0.25, 0.3) is 0 Å². The molecule has 1 radical (unpaired) electrons. The molecule has 0 amide bonds. The van der Waals surface area contributed by atoms with Gasteiger partial charge in [-0.3, -0.25) is 0 Å². The highest BCUT2D eigenvalue weighted by Crippen LogP contribution is 2.70. The largest absolute Gasteiger partial charge is 0.491 e. The topological polar surface area (TPSA) is 83.6 Å². The van der Waals surface area contributed by atoms with Gasteiger partial charge in [-0.25, -0.2) is 14.0 Å². The maximum atomic E-state index is 11.1. The van der Waals surface area contributed by atoms with Crippen LogP contribution >= 0.6 is 7.87 Å². The Balaban J connectivity index is 1.82. The molecule has 3 saturated heterocycles. The molecule has 1 aromatic rings. The first-order chi connectivity index (χ1) is 11.7. The first kappa shape index (κ1) is 16.3. The maximum Gasteiger partial charge on any atom is 0.491 e.